The first-order valence-electron chi connectivity index (χ1n) is 5.05. The average molecular weight is 246 g/mol. The lowest BCUT2D eigenvalue weighted by molar-refractivity contribution is 0.587. The molecule has 0 saturated carbocycles. The van der Waals surface area contributed by atoms with Crippen molar-refractivity contribution in [1.82, 2.24) is 0 Å². The predicted molar refractivity (Wildman–Crippen MR) is 66.9 cm³/mol. The van der Waals surface area contributed by atoms with Gasteiger partial charge in [-0.05, 0) is 18.7 Å². The van der Waals surface area contributed by atoms with E-state index in [1.54, 1.807) is 11.8 Å². The summed E-state index contributed by atoms with van der Waals surface area (Å²) in [5, 5.41) is 3.45. The second-order valence-electron chi connectivity index (χ2n) is 3.61. The highest BCUT2D eigenvalue weighted by Crippen LogP contribution is 2.23. The molecule has 3 N–H and O–H groups in total. The number of benzene rings is 1. The Hall–Kier alpha value is -0.970. The zero-order valence-electron chi connectivity index (χ0n) is 9.39. The molecule has 0 aliphatic carbocycles. The molecular formula is C11H16F2N2S. The van der Waals surface area contributed by atoms with E-state index in [9.17, 15) is 8.78 Å². The van der Waals surface area contributed by atoms with Crippen molar-refractivity contribution in [3.05, 3.63) is 23.8 Å². The number of hydrogen-bond acceptors (Lipinski definition) is 3. The Morgan fingerprint density at radius 3 is 2.75 bits per heavy atom. The first-order chi connectivity index (χ1) is 7.54. The highest BCUT2D eigenvalue weighted by atomic mass is 32.2. The van der Waals surface area contributed by atoms with Crippen LogP contribution in [-0.4, -0.2) is 18.1 Å². The van der Waals surface area contributed by atoms with Crippen LogP contribution < -0.4 is 11.1 Å². The Balaban J connectivity index is 2.60. The summed E-state index contributed by atoms with van der Waals surface area (Å²) in [5.74, 6) is -1.34. The van der Waals surface area contributed by atoms with Crippen LogP contribution in [0.3, 0.4) is 0 Å². The largest absolute Gasteiger partial charge is 0.395 e. The van der Waals surface area contributed by atoms with E-state index < -0.39 is 11.6 Å². The minimum atomic E-state index is -0.722. The van der Waals surface area contributed by atoms with Gasteiger partial charge in [-0.1, -0.05) is 6.92 Å². The normalized spacial score (nSPS) is 12.5. The van der Waals surface area contributed by atoms with Gasteiger partial charge in [-0.3, -0.25) is 0 Å². The monoisotopic (exact) mass is 246 g/mol. The molecule has 1 unspecified atom stereocenters. The number of rotatable bonds is 5. The van der Waals surface area contributed by atoms with Gasteiger partial charge in [0, 0.05) is 17.9 Å². The maximum absolute atomic E-state index is 13.1. The summed E-state index contributed by atoms with van der Waals surface area (Å²) in [4.78, 5) is 0. The predicted octanol–water partition coefficient (Wildman–Crippen LogP) is 3.10. The Labute approximate surface area is 98.6 Å². The molecule has 0 spiro atoms. The third-order valence-electron chi connectivity index (χ3n) is 2.36. The third-order valence-corrected chi connectivity index (χ3v) is 3.40. The van der Waals surface area contributed by atoms with Crippen molar-refractivity contribution in [2.24, 2.45) is 0 Å². The fourth-order valence-electron chi connectivity index (χ4n) is 1.26. The molecule has 0 amide bonds. The second-order valence-corrected chi connectivity index (χ2v) is 4.89. The van der Waals surface area contributed by atoms with E-state index in [0.717, 1.165) is 12.5 Å². The zero-order chi connectivity index (χ0) is 12.1. The van der Waals surface area contributed by atoms with E-state index in [-0.39, 0.29) is 5.69 Å². The Morgan fingerprint density at radius 2 is 2.12 bits per heavy atom. The van der Waals surface area contributed by atoms with Crippen LogP contribution in [0.15, 0.2) is 12.1 Å². The fourth-order valence-corrected chi connectivity index (χ4v) is 1.61. The SMILES string of the molecule is CSC(C)CCNc1cc(F)cc(F)c1N. The van der Waals surface area contributed by atoms with Crippen molar-refractivity contribution in [3.8, 4) is 0 Å². The number of halogens is 2. The number of anilines is 2. The molecule has 0 heterocycles. The lowest BCUT2D eigenvalue weighted by atomic mass is 10.2. The minimum absolute atomic E-state index is 0.0294. The van der Waals surface area contributed by atoms with Crippen LogP contribution in [0.5, 0.6) is 0 Å². The Bertz CT molecular complexity index is 358. The molecule has 0 saturated heterocycles. The molecule has 90 valence electrons. The smallest absolute Gasteiger partial charge is 0.151 e. The van der Waals surface area contributed by atoms with Crippen molar-refractivity contribution in [2.45, 2.75) is 18.6 Å². The van der Waals surface area contributed by atoms with Gasteiger partial charge in [-0.2, -0.15) is 11.8 Å². The number of hydrogen-bond donors (Lipinski definition) is 2. The number of nitrogens with one attached hydrogen (secondary N) is 1. The van der Waals surface area contributed by atoms with Crippen molar-refractivity contribution >= 4 is 23.1 Å². The lowest BCUT2D eigenvalue weighted by Gasteiger charge is -2.12. The molecule has 5 heteroatoms. The number of thioether (sulfide) groups is 1. The molecule has 0 bridgehead atoms. The summed E-state index contributed by atoms with van der Waals surface area (Å²) >= 11 is 1.75. The summed E-state index contributed by atoms with van der Waals surface area (Å²) in [7, 11) is 0. The van der Waals surface area contributed by atoms with Crippen molar-refractivity contribution in [3.63, 3.8) is 0 Å². The topological polar surface area (TPSA) is 38.0 Å². The molecule has 0 aliphatic heterocycles. The molecule has 2 nitrogen and oxygen atoms in total. The summed E-state index contributed by atoms with van der Waals surface area (Å²) in [6.45, 7) is 2.75. The second kappa shape index (κ2) is 5.94. The van der Waals surface area contributed by atoms with Crippen molar-refractivity contribution < 1.29 is 8.78 Å². The summed E-state index contributed by atoms with van der Waals surface area (Å²) in [6.07, 6.45) is 2.94. The first-order valence-corrected chi connectivity index (χ1v) is 6.34. The van der Waals surface area contributed by atoms with Crippen LogP contribution in [0, 0.1) is 11.6 Å². The first kappa shape index (κ1) is 13.1. The molecule has 0 aliphatic rings. The van der Waals surface area contributed by atoms with E-state index >= 15 is 0 Å². The summed E-state index contributed by atoms with van der Waals surface area (Å²) in [5.41, 5.74) is 5.79. The highest BCUT2D eigenvalue weighted by Gasteiger charge is 2.08. The summed E-state index contributed by atoms with van der Waals surface area (Å²) in [6, 6.07) is 1.99. The maximum atomic E-state index is 13.1. The highest BCUT2D eigenvalue weighted by molar-refractivity contribution is 7.99. The molecule has 16 heavy (non-hydrogen) atoms. The Kier molecular flexibility index (Phi) is 4.86. The van der Waals surface area contributed by atoms with E-state index in [0.29, 0.717) is 17.5 Å². The van der Waals surface area contributed by atoms with Crippen LogP contribution in [-0.2, 0) is 0 Å². The number of nitrogen functional groups attached to an aromatic ring is 1. The molecule has 1 aromatic rings. The van der Waals surface area contributed by atoms with Gasteiger partial charge < -0.3 is 11.1 Å². The average Bonchev–Trinajstić information content (AvgIpc) is 2.24. The quantitative estimate of drug-likeness (QED) is 0.784. The molecule has 0 aromatic heterocycles. The maximum Gasteiger partial charge on any atom is 0.151 e. The molecule has 1 rings (SSSR count). The third kappa shape index (κ3) is 3.56. The molecule has 0 radical (unpaired) electrons. The fraction of sp³-hybridized carbons (Fsp3) is 0.455. The molecule has 0 fully saturated rings. The van der Waals surface area contributed by atoms with Gasteiger partial charge >= 0.3 is 0 Å². The zero-order valence-corrected chi connectivity index (χ0v) is 10.2. The van der Waals surface area contributed by atoms with Gasteiger partial charge in [0.15, 0.2) is 5.82 Å². The van der Waals surface area contributed by atoms with Gasteiger partial charge in [0.1, 0.15) is 5.82 Å². The van der Waals surface area contributed by atoms with Gasteiger partial charge in [-0.25, -0.2) is 8.78 Å². The lowest BCUT2D eigenvalue weighted by Crippen LogP contribution is -2.10. The van der Waals surface area contributed by atoms with E-state index in [2.05, 4.69) is 12.2 Å². The van der Waals surface area contributed by atoms with Crippen LogP contribution in [0.25, 0.3) is 0 Å². The van der Waals surface area contributed by atoms with Crippen molar-refractivity contribution in [2.75, 3.05) is 23.9 Å². The molecular weight excluding hydrogens is 230 g/mol. The van der Waals surface area contributed by atoms with Crippen LogP contribution >= 0.6 is 11.8 Å². The number of nitrogens with two attached hydrogens (primary N) is 1. The van der Waals surface area contributed by atoms with Crippen LogP contribution in [0.1, 0.15) is 13.3 Å². The Morgan fingerprint density at radius 1 is 1.44 bits per heavy atom. The van der Waals surface area contributed by atoms with E-state index in [1.807, 2.05) is 6.26 Å². The van der Waals surface area contributed by atoms with Gasteiger partial charge in [0.2, 0.25) is 0 Å². The van der Waals surface area contributed by atoms with Crippen molar-refractivity contribution in [1.29, 1.82) is 0 Å². The standard InChI is InChI=1S/C11H16F2N2S/c1-7(16-2)3-4-15-10-6-8(12)5-9(13)11(10)14/h5-7,15H,3-4,14H2,1-2H3. The minimum Gasteiger partial charge on any atom is -0.395 e. The molecule has 1 aromatic carbocycles. The van der Waals surface area contributed by atoms with Crippen LogP contribution in [0.2, 0.25) is 0 Å². The summed E-state index contributed by atoms with van der Waals surface area (Å²) < 4.78 is 26.0. The van der Waals surface area contributed by atoms with E-state index in [1.165, 1.54) is 6.07 Å². The van der Waals surface area contributed by atoms with Crippen LogP contribution in [0.4, 0.5) is 20.2 Å². The van der Waals surface area contributed by atoms with E-state index in [4.69, 9.17) is 5.73 Å². The molecule has 1 atom stereocenters. The van der Waals surface area contributed by atoms with Gasteiger partial charge in [-0.15, -0.1) is 0 Å². The van der Waals surface area contributed by atoms with Gasteiger partial charge in [0.05, 0.1) is 11.4 Å². The van der Waals surface area contributed by atoms with Gasteiger partial charge in [0.25, 0.3) is 0 Å².